The molecule has 0 fully saturated rings. The van der Waals surface area contributed by atoms with Crippen molar-refractivity contribution in [3.63, 3.8) is 0 Å². The van der Waals surface area contributed by atoms with Crippen molar-refractivity contribution < 1.29 is 4.79 Å². The van der Waals surface area contributed by atoms with E-state index < -0.39 is 0 Å². The lowest BCUT2D eigenvalue weighted by Gasteiger charge is -2.18. The Bertz CT molecular complexity index is 339. The Morgan fingerprint density at radius 1 is 1.60 bits per heavy atom. The van der Waals surface area contributed by atoms with Crippen LogP contribution in [0.2, 0.25) is 0 Å². The number of carbonyl (C=O) groups excluding carboxylic acids is 1. The highest BCUT2D eigenvalue weighted by Gasteiger charge is 2.10. The summed E-state index contributed by atoms with van der Waals surface area (Å²) in [7, 11) is 0. The Balaban J connectivity index is 2.61. The molecule has 1 aromatic heterocycles. The molecule has 0 N–H and O–H groups in total. The lowest BCUT2D eigenvalue weighted by atomic mass is 10.4. The van der Waals surface area contributed by atoms with Crippen LogP contribution in [-0.2, 0) is 11.3 Å². The van der Waals surface area contributed by atoms with Crippen LogP contribution >= 0.6 is 0 Å². The normalized spacial score (nSPS) is 10.0. The zero-order chi connectivity index (χ0) is 11.3. The SMILES string of the molecule is C=Cc1cnn(CC(=O)N(CC)CC)c1. The molecule has 1 aromatic rings. The van der Waals surface area contributed by atoms with E-state index in [1.54, 1.807) is 21.9 Å². The molecule has 1 heterocycles. The molecule has 0 aromatic carbocycles. The molecule has 15 heavy (non-hydrogen) atoms. The Morgan fingerprint density at radius 2 is 2.27 bits per heavy atom. The first-order chi connectivity index (χ1) is 7.21. The van der Waals surface area contributed by atoms with Gasteiger partial charge in [0, 0.05) is 24.8 Å². The molecule has 0 radical (unpaired) electrons. The van der Waals surface area contributed by atoms with E-state index in [0.717, 1.165) is 18.7 Å². The van der Waals surface area contributed by atoms with E-state index in [-0.39, 0.29) is 5.91 Å². The predicted octanol–water partition coefficient (Wildman–Crippen LogP) is 1.39. The second kappa shape index (κ2) is 5.34. The average Bonchev–Trinajstić information content (AvgIpc) is 2.67. The first kappa shape index (κ1) is 11.5. The number of amides is 1. The number of nitrogens with zero attached hydrogens (tertiary/aromatic N) is 3. The van der Waals surface area contributed by atoms with Crippen LogP contribution in [0.1, 0.15) is 19.4 Å². The number of hydrogen-bond donors (Lipinski definition) is 0. The smallest absolute Gasteiger partial charge is 0.244 e. The summed E-state index contributed by atoms with van der Waals surface area (Å²) in [5, 5.41) is 4.08. The third-order valence-electron chi connectivity index (χ3n) is 2.30. The summed E-state index contributed by atoms with van der Waals surface area (Å²) >= 11 is 0. The Morgan fingerprint density at radius 3 is 2.73 bits per heavy atom. The predicted molar refractivity (Wildman–Crippen MR) is 60.2 cm³/mol. The van der Waals surface area contributed by atoms with Crippen LogP contribution < -0.4 is 0 Å². The van der Waals surface area contributed by atoms with Crippen LogP contribution in [0.3, 0.4) is 0 Å². The van der Waals surface area contributed by atoms with Gasteiger partial charge in [-0.05, 0) is 13.8 Å². The number of likely N-dealkylation sites (N-methyl/N-ethyl adjacent to an activating group) is 1. The highest BCUT2D eigenvalue weighted by atomic mass is 16.2. The summed E-state index contributed by atoms with van der Waals surface area (Å²) in [5.41, 5.74) is 0.933. The summed E-state index contributed by atoms with van der Waals surface area (Å²) in [6.07, 6.45) is 5.22. The van der Waals surface area contributed by atoms with Crippen molar-refractivity contribution in [2.75, 3.05) is 13.1 Å². The molecule has 0 bridgehead atoms. The fourth-order valence-corrected chi connectivity index (χ4v) is 1.39. The van der Waals surface area contributed by atoms with Crippen LogP contribution in [-0.4, -0.2) is 33.7 Å². The highest BCUT2D eigenvalue weighted by molar-refractivity contribution is 5.75. The largest absolute Gasteiger partial charge is 0.342 e. The molecule has 0 unspecified atom stereocenters. The van der Waals surface area contributed by atoms with Crippen LogP contribution in [0.5, 0.6) is 0 Å². The molecule has 1 amide bonds. The maximum absolute atomic E-state index is 11.7. The number of rotatable bonds is 5. The van der Waals surface area contributed by atoms with Gasteiger partial charge in [0.15, 0.2) is 0 Å². The molecule has 0 aliphatic rings. The van der Waals surface area contributed by atoms with E-state index in [1.807, 2.05) is 20.0 Å². The molecule has 0 spiro atoms. The molecule has 0 aliphatic carbocycles. The summed E-state index contributed by atoms with van der Waals surface area (Å²) < 4.78 is 1.64. The van der Waals surface area contributed by atoms with E-state index >= 15 is 0 Å². The molecular weight excluding hydrogens is 190 g/mol. The summed E-state index contributed by atoms with van der Waals surface area (Å²) in [5.74, 6) is 0.0960. The van der Waals surface area contributed by atoms with Crippen molar-refractivity contribution in [2.24, 2.45) is 0 Å². The quantitative estimate of drug-likeness (QED) is 0.732. The highest BCUT2D eigenvalue weighted by Crippen LogP contribution is 2.00. The van der Waals surface area contributed by atoms with Crippen molar-refractivity contribution in [3.8, 4) is 0 Å². The first-order valence-electron chi connectivity index (χ1n) is 5.13. The van der Waals surface area contributed by atoms with Gasteiger partial charge in [0.25, 0.3) is 0 Å². The summed E-state index contributed by atoms with van der Waals surface area (Å²) in [6.45, 7) is 9.37. The summed E-state index contributed by atoms with van der Waals surface area (Å²) in [6, 6.07) is 0. The van der Waals surface area contributed by atoms with Crippen LogP contribution in [0.25, 0.3) is 6.08 Å². The van der Waals surface area contributed by atoms with Crippen molar-refractivity contribution >= 4 is 12.0 Å². The van der Waals surface area contributed by atoms with E-state index in [9.17, 15) is 4.79 Å². The van der Waals surface area contributed by atoms with E-state index in [4.69, 9.17) is 0 Å². The lowest BCUT2D eigenvalue weighted by molar-refractivity contribution is -0.131. The maximum atomic E-state index is 11.7. The van der Waals surface area contributed by atoms with Gasteiger partial charge in [-0.2, -0.15) is 5.10 Å². The lowest BCUT2D eigenvalue weighted by Crippen LogP contribution is -2.33. The fraction of sp³-hybridized carbons (Fsp3) is 0.455. The minimum absolute atomic E-state index is 0.0960. The van der Waals surface area contributed by atoms with Gasteiger partial charge < -0.3 is 4.90 Å². The second-order valence-electron chi connectivity index (χ2n) is 3.24. The van der Waals surface area contributed by atoms with E-state index in [1.165, 1.54) is 0 Å². The minimum Gasteiger partial charge on any atom is -0.342 e. The van der Waals surface area contributed by atoms with Crippen LogP contribution in [0.15, 0.2) is 19.0 Å². The zero-order valence-electron chi connectivity index (χ0n) is 9.31. The van der Waals surface area contributed by atoms with Crippen molar-refractivity contribution in [3.05, 3.63) is 24.5 Å². The molecule has 1 rings (SSSR count). The van der Waals surface area contributed by atoms with E-state index in [0.29, 0.717) is 6.54 Å². The number of aromatic nitrogens is 2. The van der Waals surface area contributed by atoms with E-state index in [2.05, 4.69) is 11.7 Å². The fourth-order valence-electron chi connectivity index (χ4n) is 1.39. The summed E-state index contributed by atoms with van der Waals surface area (Å²) in [4.78, 5) is 13.5. The Labute approximate surface area is 90.2 Å². The van der Waals surface area contributed by atoms with Gasteiger partial charge in [-0.1, -0.05) is 12.7 Å². The van der Waals surface area contributed by atoms with Gasteiger partial charge in [-0.25, -0.2) is 0 Å². The molecular formula is C11H17N3O. The Hall–Kier alpha value is -1.58. The van der Waals surface area contributed by atoms with Gasteiger partial charge in [0.1, 0.15) is 6.54 Å². The van der Waals surface area contributed by atoms with Gasteiger partial charge in [-0.3, -0.25) is 9.48 Å². The zero-order valence-corrected chi connectivity index (χ0v) is 9.31. The van der Waals surface area contributed by atoms with Crippen LogP contribution in [0, 0.1) is 0 Å². The van der Waals surface area contributed by atoms with Crippen molar-refractivity contribution in [2.45, 2.75) is 20.4 Å². The number of hydrogen-bond acceptors (Lipinski definition) is 2. The van der Waals surface area contributed by atoms with Crippen molar-refractivity contribution in [1.29, 1.82) is 0 Å². The molecule has 4 heteroatoms. The molecule has 82 valence electrons. The maximum Gasteiger partial charge on any atom is 0.244 e. The first-order valence-corrected chi connectivity index (χ1v) is 5.13. The number of carbonyl (C=O) groups is 1. The van der Waals surface area contributed by atoms with Gasteiger partial charge in [-0.15, -0.1) is 0 Å². The molecule has 0 aliphatic heterocycles. The van der Waals surface area contributed by atoms with Gasteiger partial charge in [0.05, 0.1) is 6.20 Å². The van der Waals surface area contributed by atoms with Crippen LogP contribution in [0.4, 0.5) is 0 Å². The van der Waals surface area contributed by atoms with Gasteiger partial charge >= 0.3 is 0 Å². The minimum atomic E-state index is 0.0960. The molecule has 0 saturated heterocycles. The van der Waals surface area contributed by atoms with Crippen molar-refractivity contribution in [1.82, 2.24) is 14.7 Å². The molecule has 0 saturated carbocycles. The third-order valence-corrected chi connectivity index (χ3v) is 2.30. The topological polar surface area (TPSA) is 38.1 Å². The molecule has 0 atom stereocenters. The monoisotopic (exact) mass is 207 g/mol. The average molecular weight is 207 g/mol. The Kier molecular flexibility index (Phi) is 4.09. The third kappa shape index (κ3) is 2.94. The second-order valence-corrected chi connectivity index (χ2v) is 3.24. The standard InChI is InChI=1S/C11H17N3O/c1-4-10-7-12-14(8-10)9-11(15)13(5-2)6-3/h4,7-8H,1,5-6,9H2,2-3H3. The molecule has 4 nitrogen and oxygen atoms in total. The van der Waals surface area contributed by atoms with Gasteiger partial charge in [0.2, 0.25) is 5.91 Å².